The fourth-order valence-corrected chi connectivity index (χ4v) is 3.18. The van der Waals surface area contributed by atoms with Gasteiger partial charge < -0.3 is 19.0 Å². The van der Waals surface area contributed by atoms with Gasteiger partial charge in [-0.15, -0.1) is 0 Å². The number of hydrogen-bond acceptors (Lipinski definition) is 4. The molecule has 0 spiro atoms. The Morgan fingerprint density at radius 1 is 1.10 bits per heavy atom. The summed E-state index contributed by atoms with van der Waals surface area (Å²) >= 11 is 0. The number of aryl methyl sites for hydroxylation is 1. The Labute approximate surface area is 167 Å². The molecule has 6 heteroatoms. The van der Waals surface area contributed by atoms with E-state index in [2.05, 4.69) is 22.0 Å². The van der Waals surface area contributed by atoms with Crippen LogP contribution in [0.4, 0.5) is 5.69 Å². The van der Waals surface area contributed by atoms with Crippen molar-refractivity contribution in [2.24, 2.45) is 0 Å². The third-order valence-electron chi connectivity index (χ3n) is 4.57. The van der Waals surface area contributed by atoms with Gasteiger partial charge in [-0.25, -0.2) is 0 Å². The van der Waals surface area contributed by atoms with Crippen LogP contribution < -0.4 is 15.5 Å². The minimum absolute atomic E-state index is 0.0120. The summed E-state index contributed by atoms with van der Waals surface area (Å²) in [4.78, 5) is 24.1. The number of rotatable bonds is 6. The molecular formula is C23H20N2O4. The minimum atomic E-state index is -0.353. The Hall–Kier alpha value is -3.80. The molecule has 146 valence electrons. The van der Waals surface area contributed by atoms with Crippen LogP contribution in [0.5, 0.6) is 5.75 Å². The summed E-state index contributed by atoms with van der Waals surface area (Å²) in [6.07, 6.45) is 3.22. The largest absolute Gasteiger partial charge is 0.477 e. The summed E-state index contributed by atoms with van der Waals surface area (Å²) in [5, 5.41) is 3.79. The summed E-state index contributed by atoms with van der Waals surface area (Å²) in [7, 11) is 0. The maximum atomic E-state index is 12.3. The highest BCUT2D eigenvalue weighted by Gasteiger charge is 2.11. The van der Waals surface area contributed by atoms with E-state index in [9.17, 15) is 9.59 Å². The predicted octanol–water partition coefficient (Wildman–Crippen LogP) is 3.97. The number of nitrogens with one attached hydrogen (secondary N) is 1. The first-order valence-electron chi connectivity index (χ1n) is 9.24. The highest BCUT2D eigenvalue weighted by molar-refractivity contribution is 6.02. The number of ether oxygens (including phenoxy) is 1. The molecule has 0 aliphatic rings. The normalized spacial score (nSPS) is 10.8. The van der Waals surface area contributed by atoms with Crippen LogP contribution in [0.3, 0.4) is 0 Å². The van der Waals surface area contributed by atoms with Crippen LogP contribution in [0.2, 0.25) is 0 Å². The van der Waals surface area contributed by atoms with Gasteiger partial charge in [0.25, 0.3) is 5.91 Å². The first kappa shape index (κ1) is 18.6. The Morgan fingerprint density at radius 3 is 2.72 bits per heavy atom. The lowest BCUT2D eigenvalue weighted by Crippen LogP contribution is -2.22. The van der Waals surface area contributed by atoms with E-state index in [4.69, 9.17) is 9.15 Å². The van der Waals surface area contributed by atoms with E-state index in [1.54, 1.807) is 6.92 Å². The third-order valence-corrected chi connectivity index (χ3v) is 4.57. The topological polar surface area (TPSA) is 73.5 Å². The summed E-state index contributed by atoms with van der Waals surface area (Å²) in [5.41, 5.74) is 2.59. The van der Waals surface area contributed by atoms with Crippen molar-refractivity contribution in [3.05, 3.63) is 94.7 Å². The van der Waals surface area contributed by atoms with Gasteiger partial charge in [0.05, 0.1) is 11.2 Å². The number of hydrogen-bond donors (Lipinski definition) is 1. The molecule has 1 amide bonds. The van der Waals surface area contributed by atoms with Gasteiger partial charge in [-0.05, 0) is 30.7 Å². The number of carbonyl (C=O) groups excluding carboxylic acids is 1. The molecule has 0 radical (unpaired) electrons. The average Bonchev–Trinajstić information content (AvgIpc) is 3.12. The van der Waals surface area contributed by atoms with Crippen LogP contribution in [0.25, 0.3) is 10.9 Å². The molecule has 0 aliphatic heterocycles. The zero-order chi connectivity index (χ0) is 20.2. The lowest BCUT2D eigenvalue weighted by Gasteiger charge is -2.09. The van der Waals surface area contributed by atoms with Gasteiger partial charge in [0, 0.05) is 24.2 Å². The molecule has 0 aliphatic carbocycles. The number of aromatic nitrogens is 1. The quantitative estimate of drug-likeness (QED) is 0.542. The highest BCUT2D eigenvalue weighted by atomic mass is 16.5. The van der Waals surface area contributed by atoms with Crippen molar-refractivity contribution in [1.82, 2.24) is 4.57 Å². The van der Waals surface area contributed by atoms with E-state index in [1.165, 1.54) is 17.9 Å². The summed E-state index contributed by atoms with van der Waals surface area (Å²) < 4.78 is 12.6. The van der Waals surface area contributed by atoms with Crippen LogP contribution in [0.15, 0.2) is 82.3 Å². The number of anilines is 1. The molecule has 0 fully saturated rings. The smallest absolute Gasteiger partial charge is 0.262 e. The predicted molar refractivity (Wildman–Crippen MR) is 111 cm³/mol. The first-order valence-corrected chi connectivity index (χ1v) is 9.24. The molecule has 0 bridgehead atoms. The van der Waals surface area contributed by atoms with E-state index in [-0.39, 0.29) is 23.7 Å². The van der Waals surface area contributed by atoms with Gasteiger partial charge in [0.15, 0.2) is 6.61 Å². The molecule has 0 saturated heterocycles. The summed E-state index contributed by atoms with van der Waals surface area (Å²) in [6, 6.07) is 19.2. The van der Waals surface area contributed by atoms with Crippen molar-refractivity contribution in [1.29, 1.82) is 0 Å². The maximum absolute atomic E-state index is 12.3. The molecule has 0 atom stereocenters. The van der Waals surface area contributed by atoms with Crippen LogP contribution in [-0.4, -0.2) is 17.1 Å². The van der Waals surface area contributed by atoms with Crippen molar-refractivity contribution >= 4 is 22.5 Å². The molecular weight excluding hydrogens is 368 g/mol. The molecule has 0 saturated carbocycles. The van der Waals surface area contributed by atoms with Gasteiger partial charge >= 0.3 is 0 Å². The SMILES string of the molecule is Cc1cc(=O)c(OCC(=O)Nc2cccc3c2ccn3Cc2ccccc2)co1. The third kappa shape index (κ3) is 4.21. The van der Waals surface area contributed by atoms with E-state index >= 15 is 0 Å². The number of carbonyl (C=O) groups is 1. The second-order valence-corrected chi connectivity index (χ2v) is 6.72. The monoisotopic (exact) mass is 388 g/mol. The Balaban J connectivity index is 1.48. The number of amides is 1. The van der Waals surface area contributed by atoms with Crippen molar-refractivity contribution in [3.8, 4) is 5.75 Å². The molecule has 29 heavy (non-hydrogen) atoms. The van der Waals surface area contributed by atoms with Crippen molar-refractivity contribution in [2.45, 2.75) is 13.5 Å². The van der Waals surface area contributed by atoms with E-state index < -0.39 is 0 Å². The van der Waals surface area contributed by atoms with Crippen LogP contribution in [-0.2, 0) is 11.3 Å². The lowest BCUT2D eigenvalue weighted by molar-refractivity contribution is -0.118. The zero-order valence-corrected chi connectivity index (χ0v) is 15.9. The molecule has 6 nitrogen and oxygen atoms in total. The van der Waals surface area contributed by atoms with Gasteiger partial charge in [0.1, 0.15) is 12.0 Å². The van der Waals surface area contributed by atoms with Crippen molar-refractivity contribution < 1.29 is 13.9 Å². The summed E-state index contributed by atoms with van der Waals surface area (Å²) in [5.74, 6) is 0.143. The molecule has 0 unspecified atom stereocenters. The van der Waals surface area contributed by atoms with Crippen LogP contribution in [0.1, 0.15) is 11.3 Å². The molecule has 2 aromatic heterocycles. The summed E-state index contributed by atoms with van der Waals surface area (Å²) in [6.45, 7) is 2.13. The van der Waals surface area contributed by atoms with Crippen LogP contribution in [0, 0.1) is 6.92 Å². The number of nitrogens with zero attached hydrogens (tertiary/aromatic N) is 1. The molecule has 2 aromatic carbocycles. The van der Waals surface area contributed by atoms with Crippen molar-refractivity contribution in [2.75, 3.05) is 11.9 Å². The Bertz CT molecular complexity index is 1210. The van der Waals surface area contributed by atoms with E-state index in [0.29, 0.717) is 11.4 Å². The lowest BCUT2D eigenvalue weighted by atomic mass is 10.2. The fraction of sp³-hybridized carbons (Fsp3) is 0.130. The van der Waals surface area contributed by atoms with Gasteiger partial charge in [0.2, 0.25) is 11.2 Å². The number of fused-ring (bicyclic) bond motifs is 1. The van der Waals surface area contributed by atoms with Crippen LogP contribution >= 0.6 is 0 Å². The van der Waals surface area contributed by atoms with Gasteiger partial charge in [-0.2, -0.15) is 0 Å². The molecule has 2 heterocycles. The highest BCUT2D eigenvalue weighted by Crippen LogP contribution is 2.25. The van der Waals surface area contributed by atoms with Crippen molar-refractivity contribution in [3.63, 3.8) is 0 Å². The second kappa shape index (κ2) is 8.06. The minimum Gasteiger partial charge on any atom is -0.477 e. The number of benzene rings is 2. The van der Waals surface area contributed by atoms with E-state index in [0.717, 1.165) is 17.4 Å². The Morgan fingerprint density at radius 2 is 1.93 bits per heavy atom. The average molecular weight is 388 g/mol. The maximum Gasteiger partial charge on any atom is 0.262 e. The molecule has 4 rings (SSSR count). The standard InChI is InChI=1S/C23H20N2O4/c1-16-12-21(26)22(14-28-16)29-15-23(27)24-19-8-5-9-20-18(19)10-11-25(20)13-17-6-3-2-4-7-17/h2-12,14H,13,15H2,1H3,(H,24,27). The fourth-order valence-electron chi connectivity index (χ4n) is 3.18. The Kier molecular flexibility index (Phi) is 5.16. The van der Waals surface area contributed by atoms with Gasteiger partial charge in [-0.1, -0.05) is 36.4 Å². The van der Waals surface area contributed by atoms with Gasteiger partial charge in [-0.3, -0.25) is 9.59 Å². The first-order chi connectivity index (χ1) is 14.1. The zero-order valence-electron chi connectivity index (χ0n) is 15.9. The molecule has 1 N–H and O–H groups in total. The second-order valence-electron chi connectivity index (χ2n) is 6.72. The van der Waals surface area contributed by atoms with E-state index in [1.807, 2.05) is 48.7 Å². The molecule has 4 aromatic rings.